The van der Waals surface area contributed by atoms with Gasteiger partial charge in [-0.3, -0.25) is 0 Å². The number of ether oxygens (including phenoxy) is 2. The van der Waals surface area contributed by atoms with Crippen LogP contribution in [0.2, 0.25) is 0 Å². The van der Waals surface area contributed by atoms with Gasteiger partial charge in [-0.15, -0.1) is 0 Å². The lowest BCUT2D eigenvalue weighted by molar-refractivity contribution is 0.0378. The number of benzene rings is 2. The van der Waals surface area contributed by atoms with E-state index in [1.54, 1.807) is 12.1 Å². The zero-order valence-corrected chi connectivity index (χ0v) is 9.02. The van der Waals surface area contributed by atoms with Crippen molar-refractivity contribution in [3.05, 3.63) is 41.5 Å². The predicted molar refractivity (Wildman–Crippen MR) is 60.2 cm³/mol. The Balaban J connectivity index is 2.52. The minimum atomic E-state index is -0.662. The van der Waals surface area contributed by atoms with Crippen molar-refractivity contribution in [1.82, 2.24) is 0 Å². The van der Waals surface area contributed by atoms with E-state index in [4.69, 9.17) is 4.74 Å². The molecule has 0 aromatic heterocycles. The number of rotatable bonds is 1. The van der Waals surface area contributed by atoms with Crippen LogP contribution in [0.3, 0.4) is 0 Å². The van der Waals surface area contributed by atoms with E-state index in [9.17, 15) is 9.59 Å². The van der Waals surface area contributed by atoms with E-state index in [0.29, 0.717) is 16.9 Å². The van der Waals surface area contributed by atoms with E-state index in [1.165, 1.54) is 7.11 Å². The zero-order chi connectivity index (χ0) is 12.0. The first-order valence-electron chi connectivity index (χ1n) is 5.08. The number of carbonyl (C=O) groups excluding carboxylic acids is 2. The highest BCUT2D eigenvalue weighted by molar-refractivity contribution is 6.18. The van der Waals surface area contributed by atoms with E-state index < -0.39 is 11.9 Å². The third kappa shape index (κ3) is 1.24. The maximum atomic E-state index is 11.7. The maximum Gasteiger partial charge on any atom is 0.350 e. The Labute approximate surface area is 96.8 Å². The summed E-state index contributed by atoms with van der Waals surface area (Å²) in [6.07, 6.45) is 0. The molecule has 0 amide bonds. The second kappa shape index (κ2) is 3.31. The lowest BCUT2D eigenvalue weighted by Crippen LogP contribution is -2.21. The minimum absolute atomic E-state index is 0.292. The minimum Gasteiger partial charge on any atom is -0.495 e. The molecule has 2 bridgehead atoms. The van der Waals surface area contributed by atoms with Crippen LogP contribution in [0.15, 0.2) is 30.3 Å². The van der Waals surface area contributed by atoms with Crippen LogP contribution < -0.4 is 4.74 Å². The van der Waals surface area contributed by atoms with Crippen molar-refractivity contribution in [3.63, 3.8) is 0 Å². The van der Waals surface area contributed by atoms with Crippen LogP contribution in [0.5, 0.6) is 5.75 Å². The van der Waals surface area contributed by atoms with Gasteiger partial charge in [0.1, 0.15) is 16.9 Å². The molecule has 0 aliphatic carbocycles. The third-order valence-electron chi connectivity index (χ3n) is 2.82. The van der Waals surface area contributed by atoms with Crippen LogP contribution in [0, 0.1) is 0 Å². The fourth-order valence-corrected chi connectivity index (χ4v) is 2.09. The molecule has 1 heterocycles. The maximum absolute atomic E-state index is 11.7. The van der Waals surface area contributed by atoms with Crippen LogP contribution in [0.1, 0.15) is 20.7 Å². The van der Waals surface area contributed by atoms with Crippen LogP contribution >= 0.6 is 0 Å². The summed E-state index contributed by atoms with van der Waals surface area (Å²) in [6, 6.07) is 8.98. The molecule has 4 heteroatoms. The molecule has 1 aliphatic heterocycles. The quantitative estimate of drug-likeness (QED) is 0.554. The van der Waals surface area contributed by atoms with Gasteiger partial charge in [-0.1, -0.05) is 24.3 Å². The van der Waals surface area contributed by atoms with Crippen molar-refractivity contribution in [1.29, 1.82) is 0 Å². The molecule has 2 aromatic carbocycles. The largest absolute Gasteiger partial charge is 0.495 e. The summed E-state index contributed by atoms with van der Waals surface area (Å²) in [7, 11) is 1.43. The van der Waals surface area contributed by atoms with Gasteiger partial charge in [0.15, 0.2) is 0 Å². The number of methoxy groups -OCH3 is 1. The van der Waals surface area contributed by atoms with Crippen molar-refractivity contribution < 1.29 is 19.1 Å². The average molecular weight is 228 g/mol. The Bertz CT molecular complexity index is 658. The fraction of sp³-hybridized carbons (Fsp3) is 0.0769. The molecular formula is C13H8O4. The van der Waals surface area contributed by atoms with Gasteiger partial charge in [0.2, 0.25) is 0 Å². The highest BCUT2D eigenvalue weighted by Gasteiger charge is 2.32. The Hall–Kier alpha value is -2.36. The Morgan fingerprint density at radius 2 is 1.88 bits per heavy atom. The Morgan fingerprint density at radius 3 is 2.65 bits per heavy atom. The topological polar surface area (TPSA) is 52.6 Å². The number of cyclic esters (lactones) is 2. The molecule has 0 fully saturated rings. The van der Waals surface area contributed by atoms with Crippen molar-refractivity contribution in [2.24, 2.45) is 0 Å². The summed E-state index contributed by atoms with van der Waals surface area (Å²) in [5.41, 5.74) is 0.612. The summed E-state index contributed by atoms with van der Waals surface area (Å²) in [6.45, 7) is 0. The molecule has 0 saturated carbocycles. The lowest BCUT2D eigenvalue weighted by atomic mass is 9.97. The standard InChI is InChI=1S/C13H8O4/c1-16-11-9-6-7-4-2-3-5-8(7)10(11)13(15)17-12(9)14/h2-6H,1H3. The SMILES string of the molecule is COc1c2cc3ccccc3c1C(=O)OC2=O. The van der Waals surface area contributed by atoms with E-state index in [-0.39, 0.29) is 0 Å². The van der Waals surface area contributed by atoms with Gasteiger partial charge in [-0.25, -0.2) is 9.59 Å². The highest BCUT2D eigenvalue weighted by Crippen LogP contribution is 2.36. The van der Waals surface area contributed by atoms with E-state index in [2.05, 4.69) is 4.74 Å². The number of hydrogen-bond acceptors (Lipinski definition) is 4. The van der Waals surface area contributed by atoms with Gasteiger partial charge in [-0.2, -0.15) is 0 Å². The molecule has 0 atom stereocenters. The van der Waals surface area contributed by atoms with Crippen LogP contribution in [-0.4, -0.2) is 19.0 Å². The summed E-state index contributed by atoms with van der Waals surface area (Å²) in [5, 5.41) is 1.55. The van der Waals surface area contributed by atoms with E-state index in [1.807, 2.05) is 18.2 Å². The summed E-state index contributed by atoms with van der Waals surface area (Å²) < 4.78 is 9.80. The number of fused-ring (bicyclic) bond motifs is 4. The molecule has 1 aliphatic rings. The first-order valence-corrected chi connectivity index (χ1v) is 5.08. The van der Waals surface area contributed by atoms with Gasteiger partial charge >= 0.3 is 11.9 Å². The molecule has 17 heavy (non-hydrogen) atoms. The summed E-state index contributed by atoms with van der Waals surface area (Å²) in [5.74, 6) is -1.02. The van der Waals surface area contributed by atoms with Gasteiger partial charge in [0.05, 0.1) is 7.11 Å². The summed E-state index contributed by atoms with van der Waals surface area (Å²) in [4.78, 5) is 23.3. The van der Waals surface area contributed by atoms with Crippen molar-refractivity contribution >= 4 is 22.7 Å². The number of esters is 2. The average Bonchev–Trinajstić information content (AvgIpc) is 2.34. The monoisotopic (exact) mass is 228 g/mol. The van der Waals surface area contributed by atoms with Gasteiger partial charge in [0.25, 0.3) is 0 Å². The van der Waals surface area contributed by atoms with Crippen LogP contribution in [0.4, 0.5) is 0 Å². The molecular weight excluding hydrogens is 220 g/mol. The van der Waals surface area contributed by atoms with Crippen LogP contribution in [-0.2, 0) is 4.74 Å². The third-order valence-corrected chi connectivity index (χ3v) is 2.82. The fourth-order valence-electron chi connectivity index (χ4n) is 2.09. The second-order valence-corrected chi connectivity index (χ2v) is 3.73. The van der Waals surface area contributed by atoms with E-state index >= 15 is 0 Å². The van der Waals surface area contributed by atoms with Crippen LogP contribution in [0.25, 0.3) is 10.8 Å². The molecule has 0 N–H and O–H groups in total. The van der Waals surface area contributed by atoms with Gasteiger partial charge in [-0.05, 0) is 11.5 Å². The second-order valence-electron chi connectivity index (χ2n) is 3.73. The highest BCUT2D eigenvalue weighted by atomic mass is 16.6. The van der Waals surface area contributed by atoms with E-state index in [0.717, 1.165) is 10.8 Å². The predicted octanol–water partition coefficient (Wildman–Crippen LogP) is 2.16. The van der Waals surface area contributed by atoms with Crippen molar-refractivity contribution in [2.75, 3.05) is 7.11 Å². The molecule has 0 spiro atoms. The normalized spacial score (nSPS) is 13.7. The molecule has 0 radical (unpaired) electrons. The molecule has 2 aromatic rings. The molecule has 4 nitrogen and oxygen atoms in total. The number of hydrogen-bond donors (Lipinski definition) is 0. The molecule has 84 valence electrons. The van der Waals surface area contributed by atoms with Crippen molar-refractivity contribution in [2.45, 2.75) is 0 Å². The van der Waals surface area contributed by atoms with Gasteiger partial charge in [0, 0.05) is 5.39 Å². The zero-order valence-electron chi connectivity index (χ0n) is 9.02. The molecule has 0 unspecified atom stereocenters. The molecule has 0 saturated heterocycles. The lowest BCUT2D eigenvalue weighted by Gasteiger charge is -2.18. The van der Waals surface area contributed by atoms with Crippen molar-refractivity contribution in [3.8, 4) is 5.75 Å². The first-order chi connectivity index (χ1) is 8.22. The Morgan fingerprint density at radius 1 is 1.12 bits per heavy atom. The summed E-state index contributed by atoms with van der Waals surface area (Å²) >= 11 is 0. The Kier molecular flexibility index (Phi) is 1.92. The van der Waals surface area contributed by atoms with Gasteiger partial charge < -0.3 is 9.47 Å². The smallest absolute Gasteiger partial charge is 0.350 e. The first kappa shape index (κ1) is 9.84. The molecule has 3 rings (SSSR count). The number of carbonyl (C=O) groups is 2.